The van der Waals surface area contributed by atoms with Crippen LogP contribution in [0, 0.1) is 13.8 Å². The second-order valence-corrected chi connectivity index (χ2v) is 6.24. The summed E-state index contributed by atoms with van der Waals surface area (Å²) in [5, 5.41) is 6.34. The number of fused-ring (bicyclic) bond motifs is 1. The van der Waals surface area contributed by atoms with Gasteiger partial charge in [0.25, 0.3) is 5.91 Å². The molecule has 22 heavy (non-hydrogen) atoms. The largest absolute Gasteiger partial charge is 0.480 e. The lowest BCUT2D eigenvalue weighted by atomic mass is 10.0. The van der Waals surface area contributed by atoms with Crippen LogP contribution in [0.5, 0.6) is 5.75 Å². The quantitative estimate of drug-likeness (QED) is 0.857. The summed E-state index contributed by atoms with van der Waals surface area (Å²) in [6.07, 6.45) is 0.301. The highest BCUT2D eigenvalue weighted by Crippen LogP contribution is 2.31. The van der Waals surface area contributed by atoms with Crippen molar-refractivity contribution in [2.45, 2.75) is 26.4 Å². The fourth-order valence-corrected chi connectivity index (χ4v) is 3.05. The van der Waals surface area contributed by atoms with E-state index in [4.69, 9.17) is 4.74 Å². The number of benzene rings is 1. The molecule has 0 radical (unpaired) electrons. The fourth-order valence-electron chi connectivity index (χ4n) is 3.05. The Morgan fingerprint density at radius 1 is 1.32 bits per heavy atom. The molecule has 1 aromatic carbocycles. The maximum absolute atomic E-state index is 12.3. The van der Waals surface area contributed by atoms with Gasteiger partial charge in [-0.25, -0.2) is 0 Å². The van der Waals surface area contributed by atoms with Crippen LogP contribution in [0.3, 0.4) is 0 Å². The Kier molecular flexibility index (Phi) is 4.64. The summed E-state index contributed by atoms with van der Waals surface area (Å²) in [5.41, 5.74) is 3.60. The summed E-state index contributed by atoms with van der Waals surface area (Å²) in [6.45, 7) is 9.94. The van der Waals surface area contributed by atoms with Crippen LogP contribution in [0.15, 0.2) is 12.1 Å². The van der Waals surface area contributed by atoms with Gasteiger partial charge in [-0.15, -0.1) is 0 Å². The third-order valence-corrected chi connectivity index (χ3v) is 4.58. The van der Waals surface area contributed by atoms with Gasteiger partial charge in [-0.3, -0.25) is 9.69 Å². The van der Waals surface area contributed by atoms with Crippen LogP contribution >= 0.6 is 0 Å². The van der Waals surface area contributed by atoms with Crippen molar-refractivity contribution >= 4 is 5.91 Å². The summed E-state index contributed by atoms with van der Waals surface area (Å²) < 4.78 is 5.81. The van der Waals surface area contributed by atoms with Crippen LogP contribution in [0.1, 0.15) is 16.7 Å². The predicted molar refractivity (Wildman–Crippen MR) is 86.4 cm³/mol. The molecule has 1 unspecified atom stereocenters. The minimum atomic E-state index is -0.376. The number of piperazine rings is 1. The number of ether oxygens (including phenoxy) is 1. The SMILES string of the molecule is Cc1cc2c(cc1C)OC(C(=O)NCCN1CCNCC1)C2. The van der Waals surface area contributed by atoms with Crippen molar-refractivity contribution in [3.05, 3.63) is 28.8 Å². The van der Waals surface area contributed by atoms with Crippen molar-refractivity contribution in [1.29, 1.82) is 0 Å². The highest BCUT2D eigenvalue weighted by Gasteiger charge is 2.29. The lowest BCUT2D eigenvalue weighted by Crippen LogP contribution is -2.47. The van der Waals surface area contributed by atoms with Gasteiger partial charge < -0.3 is 15.4 Å². The summed E-state index contributed by atoms with van der Waals surface area (Å²) >= 11 is 0. The van der Waals surface area contributed by atoms with Gasteiger partial charge in [0, 0.05) is 45.7 Å². The molecule has 2 aliphatic rings. The van der Waals surface area contributed by atoms with Crippen LogP contribution in [-0.4, -0.2) is 56.2 Å². The minimum Gasteiger partial charge on any atom is -0.480 e. The van der Waals surface area contributed by atoms with E-state index in [1.807, 2.05) is 6.07 Å². The third-order valence-electron chi connectivity index (χ3n) is 4.58. The monoisotopic (exact) mass is 303 g/mol. The molecular formula is C17H25N3O2. The summed E-state index contributed by atoms with van der Waals surface area (Å²) in [7, 11) is 0. The topological polar surface area (TPSA) is 53.6 Å². The molecule has 0 spiro atoms. The molecule has 1 saturated heterocycles. The lowest BCUT2D eigenvalue weighted by Gasteiger charge is -2.27. The molecule has 0 bridgehead atoms. The summed E-state index contributed by atoms with van der Waals surface area (Å²) in [6, 6.07) is 4.18. The first kappa shape index (κ1) is 15.3. The number of nitrogens with zero attached hydrogens (tertiary/aromatic N) is 1. The second kappa shape index (κ2) is 6.67. The molecule has 120 valence electrons. The molecule has 1 aromatic rings. The standard InChI is InChI=1S/C17H25N3O2/c1-12-9-14-11-16(22-15(14)10-13(12)2)17(21)19-5-8-20-6-3-18-4-7-20/h9-10,16,18H,3-8,11H2,1-2H3,(H,19,21). The van der Waals surface area contributed by atoms with Crippen molar-refractivity contribution in [2.75, 3.05) is 39.3 Å². The average Bonchev–Trinajstić information content (AvgIpc) is 2.91. The number of nitrogens with one attached hydrogen (secondary N) is 2. The lowest BCUT2D eigenvalue weighted by molar-refractivity contribution is -0.127. The Labute approximate surface area is 132 Å². The number of amides is 1. The van der Waals surface area contributed by atoms with E-state index in [9.17, 15) is 4.79 Å². The fraction of sp³-hybridized carbons (Fsp3) is 0.588. The van der Waals surface area contributed by atoms with Crippen molar-refractivity contribution < 1.29 is 9.53 Å². The molecule has 3 rings (SSSR count). The maximum atomic E-state index is 12.3. The number of aryl methyl sites for hydroxylation is 2. The summed E-state index contributed by atoms with van der Waals surface area (Å²) in [5.74, 6) is 0.868. The molecule has 1 amide bonds. The number of carbonyl (C=O) groups excluding carboxylic acids is 1. The molecule has 0 saturated carbocycles. The third kappa shape index (κ3) is 3.42. The smallest absolute Gasteiger partial charge is 0.261 e. The molecule has 0 aromatic heterocycles. The molecule has 1 fully saturated rings. The molecule has 2 N–H and O–H groups in total. The van der Waals surface area contributed by atoms with Crippen molar-refractivity contribution in [3.63, 3.8) is 0 Å². The Balaban J connectivity index is 1.47. The zero-order valence-corrected chi connectivity index (χ0v) is 13.4. The highest BCUT2D eigenvalue weighted by atomic mass is 16.5. The normalized spacial score (nSPS) is 21.3. The maximum Gasteiger partial charge on any atom is 0.261 e. The van der Waals surface area contributed by atoms with Crippen molar-refractivity contribution in [1.82, 2.24) is 15.5 Å². The first-order chi connectivity index (χ1) is 10.6. The number of hydrogen-bond donors (Lipinski definition) is 2. The predicted octanol–water partition coefficient (Wildman–Crippen LogP) is 0.628. The van der Waals surface area contributed by atoms with Gasteiger partial charge in [0.2, 0.25) is 0 Å². The number of rotatable bonds is 4. The van der Waals surface area contributed by atoms with Gasteiger partial charge in [0.1, 0.15) is 5.75 Å². The Bertz CT molecular complexity index is 522. The molecule has 2 aliphatic heterocycles. The zero-order valence-electron chi connectivity index (χ0n) is 13.4. The Morgan fingerprint density at radius 3 is 2.82 bits per heavy atom. The Morgan fingerprint density at radius 2 is 2.05 bits per heavy atom. The van der Waals surface area contributed by atoms with Gasteiger partial charge >= 0.3 is 0 Å². The van der Waals surface area contributed by atoms with E-state index in [1.165, 1.54) is 11.1 Å². The van der Waals surface area contributed by atoms with E-state index in [0.29, 0.717) is 13.0 Å². The van der Waals surface area contributed by atoms with Crippen LogP contribution in [0.4, 0.5) is 0 Å². The van der Waals surface area contributed by atoms with Gasteiger partial charge in [-0.2, -0.15) is 0 Å². The van der Waals surface area contributed by atoms with E-state index in [1.54, 1.807) is 0 Å². The van der Waals surface area contributed by atoms with Crippen LogP contribution in [-0.2, 0) is 11.2 Å². The highest BCUT2D eigenvalue weighted by molar-refractivity contribution is 5.82. The van der Waals surface area contributed by atoms with Crippen molar-refractivity contribution in [2.24, 2.45) is 0 Å². The van der Waals surface area contributed by atoms with E-state index >= 15 is 0 Å². The van der Waals surface area contributed by atoms with Crippen LogP contribution in [0.2, 0.25) is 0 Å². The van der Waals surface area contributed by atoms with Crippen LogP contribution < -0.4 is 15.4 Å². The van der Waals surface area contributed by atoms with Gasteiger partial charge in [0.15, 0.2) is 6.10 Å². The van der Waals surface area contributed by atoms with Gasteiger partial charge in [-0.1, -0.05) is 6.07 Å². The Hall–Kier alpha value is -1.59. The molecule has 5 heteroatoms. The molecule has 5 nitrogen and oxygen atoms in total. The number of carbonyl (C=O) groups is 1. The van der Waals surface area contributed by atoms with Crippen LogP contribution in [0.25, 0.3) is 0 Å². The van der Waals surface area contributed by atoms with Crippen molar-refractivity contribution in [3.8, 4) is 5.75 Å². The van der Waals surface area contributed by atoms with Gasteiger partial charge in [0.05, 0.1) is 0 Å². The molecular weight excluding hydrogens is 278 g/mol. The average molecular weight is 303 g/mol. The second-order valence-electron chi connectivity index (χ2n) is 6.24. The minimum absolute atomic E-state index is 0.00152. The summed E-state index contributed by atoms with van der Waals surface area (Å²) in [4.78, 5) is 14.6. The van der Waals surface area contributed by atoms with E-state index in [2.05, 4.69) is 35.4 Å². The first-order valence-electron chi connectivity index (χ1n) is 8.11. The zero-order chi connectivity index (χ0) is 15.5. The molecule has 2 heterocycles. The van der Waals surface area contributed by atoms with Gasteiger partial charge in [-0.05, 0) is 36.6 Å². The molecule has 1 atom stereocenters. The molecule has 0 aliphatic carbocycles. The number of hydrogen-bond acceptors (Lipinski definition) is 4. The first-order valence-corrected chi connectivity index (χ1v) is 8.11. The van der Waals surface area contributed by atoms with E-state index < -0.39 is 0 Å². The van der Waals surface area contributed by atoms with E-state index in [-0.39, 0.29) is 12.0 Å². The van der Waals surface area contributed by atoms with E-state index in [0.717, 1.165) is 44.0 Å².